The number of benzene rings is 1. The van der Waals surface area contributed by atoms with E-state index in [1.807, 2.05) is 18.2 Å². The Morgan fingerprint density at radius 1 is 1.29 bits per heavy atom. The van der Waals surface area contributed by atoms with Crippen LogP contribution < -0.4 is 10.1 Å². The van der Waals surface area contributed by atoms with E-state index in [9.17, 15) is 0 Å². The van der Waals surface area contributed by atoms with Gasteiger partial charge in [0.25, 0.3) is 0 Å². The van der Waals surface area contributed by atoms with Crippen molar-refractivity contribution >= 4 is 23.2 Å². The van der Waals surface area contributed by atoms with E-state index in [1.54, 1.807) is 25.6 Å². The molecule has 0 fully saturated rings. The van der Waals surface area contributed by atoms with Gasteiger partial charge in [0, 0.05) is 27.8 Å². The predicted octanol–water partition coefficient (Wildman–Crippen LogP) is 4.29. The predicted molar refractivity (Wildman–Crippen MR) is 87.4 cm³/mol. The molecule has 112 valence electrons. The maximum Gasteiger partial charge on any atom is 0.141 e. The molecule has 0 saturated carbocycles. The van der Waals surface area contributed by atoms with Gasteiger partial charge in [0.1, 0.15) is 5.75 Å². The fourth-order valence-corrected chi connectivity index (χ4v) is 2.70. The number of halogens is 2. The number of methoxy groups -OCH3 is 1. The number of rotatable bonds is 6. The highest BCUT2D eigenvalue weighted by Crippen LogP contribution is 2.30. The highest BCUT2D eigenvalue weighted by molar-refractivity contribution is 6.33. The summed E-state index contributed by atoms with van der Waals surface area (Å²) in [6, 6.07) is 7.57. The number of likely N-dealkylation sites (N-methyl/N-ethyl adjacent to an activating group) is 1. The molecule has 0 aliphatic heterocycles. The molecule has 1 aromatic heterocycles. The summed E-state index contributed by atoms with van der Waals surface area (Å²) in [5, 5.41) is 4.86. The molecule has 1 unspecified atom stereocenters. The summed E-state index contributed by atoms with van der Waals surface area (Å²) in [5.41, 5.74) is 2.07. The Hall–Kier alpha value is -1.29. The molecule has 5 heteroatoms. The second-order valence-corrected chi connectivity index (χ2v) is 5.51. The summed E-state index contributed by atoms with van der Waals surface area (Å²) in [5.74, 6) is 0.765. The van der Waals surface area contributed by atoms with Crippen molar-refractivity contribution in [3.8, 4) is 5.75 Å². The van der Waals surface area contributed by atoms with Crippen LogP contribution in [0.5, 0.6) is 5.75 Å². The molecule has 2 rings (SSSR count). The van der Waals surface area contributed by atoms with Crippen LogP contribution in [0.4, 0.5) is 0 Å². The van der Waals surface area contributed by atoms with Gasteiger partial charge in [0.15, 0.2) is 0 Å². The van der Waals surface area contributed by atoms with Gasteiger partial charge in [-0.05, 0) is 42.8 Å². The first-order valence-electron chi connectivity index (χ1n) is 6.81. The Labute approximate surface area is 135 Å². The number of nitrogens with one attached hydrogen (secondary N) is 1. The lowest BCUT2D eigenvalue weighted by molar-refractivity contribution is 0.397. The normalized spacial score (nSPS) is 12.2. The molecule has 0 saturated heterocycles. The number of nitrogens with zero attached hydrogens (tertiary/aromatic N) is 1. The molecule has 21 heavy (non-hydrogen) atoms. The lowest BCUT2D eigenvalue weighted by atomic mass is 9.99. The monoisotopic (exact) mass is 324 g/mol. The van der Waals surface area contributed by atoms with Crippen molar-refractivity contribution < 1.29 is 4.74 Å². The molecular formula is C16H18Cl2N2O. The second kappa shape index (κ2) is 7.64. The van der Waals surface area contributed by atoms with E-state index in [4.69, 9.17) is 27.9 Å². The van der Waals surface area contributed by atoms with Gasteiger partial charge in [0.05, 0.1) is 13.3 Å². The summed E-state index contributed by atoms with van der Waals surface area (Å²) in [7, 11) is 1.65. The Bertz CT molecular complexity index is 605. The molecule has 2 aromatic rings. The highest BCUT2D eigenvalue weighted by atomic mass is 35.5. The largest absolute Gasteiger partial charge is 0.495 e. The fraction of sp³-hybridized carbons (Fsp3) is 0.312. The topological polar surface area (TPSA) is 34.2 Å². The Morgan fingerprint density at radius 3 is 2.81 bits per heavy atom. The third kappa shape index (κ3) is 4.10. The molecule has 1 heterocycles. The molecule has 1 N–H and O–H groups in total. The van der Waals surface area contributed by atoms with Crippen LogP contribution in [0.25, 0.3) is 0 Å². The summed E-state index contributed by atoms with van der Waals surface area (Å²) in [6.07, 6.45) is 4.22. The van der Waals surface area contributed by atoms with Crippen molar-refractivity contribution in [2.24, 2.45) is 0 Å². The van der Waals surface area contributed by atoms with Gasteiger partial charge in [-0.3, -0.25) is 4.98 Å². The van der Waals surface area contributed by atoms with Crippen molar-refractivity contribution in [1.82, 2.24) is 10.3 Å². The van der Waals surface area contributed by atoms with E-state index in [0.29, 0.717) is 5.02 Å². The van der Waals surface area contributed by atoms with Crippen LogP contribution in [0.1, 0.15) is 24.1 Å². The minimum absolute atomic E-state index is 0.0870. The maximum absolute atomic E-state index is 6.27. The lowest BCUT2D eigenvalue weighted by Gasteiger charge is -2.21. The van der Waals surface area contributed by atoms with E-state index in [0.717, 1.165) is 34.9 Å². The third-order valence-corrected chi connectivity index (χ3v) is 3.90. The van der Waals surface area contributed by atoms with E-state index >= 15 is 0 Å². The zero-order chi connectivity index (χ0) is 15.2. The number of hydrogen-bond donors (Lipinski definition) is 1. The molecule has 1 atom stereocenters. The van der Waals surface area contributed by atoms with Gasteiger partial charge in [-0.1, -0.05) is 30.1 Å². The van der Waals surface area contributed by atoms with Gasteiger partial charge >= 0.3 is 0 Å². The summed E-state index contributed by atoms with van der Waals surface area (Å²) >= 11 is 12.3. The van der Waals surface area contributed by atoms with Crippen LogP contribution >= 0.6 is 23.2 Å². The lowest BCUT2D eigenvalue weighted by Crippen LogP contribution is -2.23. The number of pyridine rings is 1. The van der Waals surface area contributed by atoms with Gasteiger partial charge in [0.2, 0.25) is 0 Å². The molecule has 3 nitrogen and oxygen atoms in total. The molecule has 1 aromatic carbocycles. The average molecular weight is 325 g/mol. The Kier molecular flexibility index (Phi) is 5.85. The van der Waals surface area contributed by atoms with Gasteiger partial charge < -0.3 is 10.1 Å². The van der Waals surface area contributed by atoms with E-state index < -0.39 is 0 Å². The maximum atomic E-state index is 6.27. The number of ether oxygens (including phenoxy) is 1. The Balaban J connectivity index is 2.33. The standard InChI is InChI=1S/C16H18Cl2N2O/c1-3-20-15(13-6-7-19-10-16(13)21-2)9-11-8-12(17)4-5-14(11)18/h4-8,10,15,20H,3,9H2,1-2H3. The van der Waals surface area contributed by atoms with Crippen molar-refractivity contribution in [3.63, 3.8) is 0 Å². The van der Waals surface area contributed by atoms with E-state index in [2.05, 4.69) is 17.2 Å². The van der Waals surface area contributed by atoms with Gasteiger partial charge in [-0.25, -0.2) is 0 Å². The van der Waals surface area contributed by atoms with Gasteiger partial charge in [-0.15, -0.1) is 0 Å². The minimum Gasteiger partial charge on any atom is -0.495 e. The zero-order valence-corrected chi connectivity index (χ0v) is 13.6. The van der Waals surface area contributed by atoms with Crippen molar-refractivity contribution in [1.29, 1.82) is 0 Å². The molecule has 0 aliphatic rings. The summed E-state index contributed by atoms with van der Waals surface area (Å²) in [4.78, 5) is 4.10. The van der Waals surface area contributed by atoms with Gasteiger partial charge in [-0.2, -0.15) is 0 Å². The summed E-state index contributed by atoms with van der Waals surface area (Å²) < 4.78 is 5.40. The van der Waals surface area contributed by atoms with Crippen LogP contribution in [-0.2, 0) is 6.42 Å². The van der Waals surface area contributed by atoms with E-state index in [-0.39, 0.29) is 6.04 Å². The number of hydrogen-bond acceptors (Lipinski definition) is 3. The molecular weight excluding hydrogens is 307 g/mol. The second-order valence-electron chi connectivity index (χ2n) is 4.67. The van der Waals surface area contributed by atoms with Crippen molar-refractivity contribution in [3.05, 3.63) is 57.8 Å². The average Bonchev–Trinajstić information content (AvgIpc) is 2.50. The van der Waals surface area contributed by atoms with Crippen molar-refractivity contribution in [2.45, 2.75) is 19.4 Å². The van der Waals surface area contributed by atoms with Crippen LogP contribution in [0, 0.1) is 0 Å². The molecule has 0 aliphatic carbocycles. The first-order chi connectivity index (χ1) is 10.2. The smallest absolute Gasteiger partial charge is 0.141 e. The van der Waals surface area contributed by atoms with Crippen LogP contribution in [0.15, 0.2) is 36.7 Å². The fourth-order valence-electron chi connectivity index (χ4n) is 2.31. The molecule has 0 bridgehead atoms. The quantitative estimate of drug-likeness (QED) is 0.860. The van der Waals surface area contributed by atoms with E-state index in [1.165, 1.54) is 0 Å². The number of aromatic nitrogens is 1. The van der Waals surface area contributed by atoms with Crippen molar-refractivity contribution in [2.75, 3.05) is 13.7 Å². The zero-order valence-electron chi connectivity index (χ0n) is 12.1. The first kappa shape index (κ1) is 16.1. The third-order valence-electron chi connectivity index (χ3n) is 3.29. The summed E-state index contributed by atoms with van der Waals surface area (Å²) in [6.45, 7) is 2.91. The molecule has 0 amide bonds. The first-order valence-corrected chi connectivity index (χ1v) is 7.56. The van der Waals surface area contributed by atoms with Crippen LogP contribution in [0.2, 0.25) is 10.0 Å². The minimum atomic E-state index is 0.0870. The van der Waals surface area contributed by atoms with Crippen LogP contribution in [-0.4, -0.2) is 18.6 Å². The molecule has 0 radical (unpaired) electrons. The van der Waals surface area contributed by atoms with Crippen LogP contribution in [0.3, 0.4) is 0 Å². The highest BCUT2D eigenvalue weighted by Gasteiger charge is 2.17. The Morgan fingerprint density at radius 2 is 2.10 bits per heavy atom. The SMILES string of the molecule is CCNC(Cc1cc(Cl)ccc1Cl)c1ccncc1OC. The molecule has 0 spiro atoms.